The molecular weight excluding hydrogens is 321 g/mol. The third-order valence-electron chi connectivity index (χ3n) is 3.90. The predicted octanol–water partition coefficient (Wildman–Crippen LogP) is 5.26. The maximum Gasteiger partial charge on any atom is 0.416 e. The summed E-state index contributed by atoms with van der Waals surface area (Å²) < 4.78 is 40.6. The molecule has 3 rings (SSSR count). The molecule has 0 N–H and O–H groups in total. The standard InChI is InChI=1S/C17H13F3N2O2/c1-2-21-15-7-6-14(22(23)24)9-12(15)10-16(21)11-4-3-5-13(8-11)17(18,19)20/h3-10H,2H2,1H3. The van der Waals surface area contributed by atoms with Crippen LogP contribution in [0, 0.1) is 10.1 Å². The van der Waals surface area contributed by atoms with Crippen molar-refractivity contribution in [3.05, 3.63) is 64.2 Å². The van der Waals surface area contributed by atoms with Crippen LogP contribution in [0.25, 0.3) is 22.2 Å². The van der Waals surface area contributed by atoms with Crippen LogP contribution in [-0.2, 0) is 12.7 Å². The molecule has 0 aliphatic heterocycles. The van der Waals surface area contributed by atoms with Crippen molar-refractivity contribution in [2.75, 3.05) is 0 Å². The van der Waals surface area contributed by atoms with Crippen LogP contribution in [0.1, 0.15) is 12.5 Å². The minimum atomic E-state index is -4.42. The monoisotopic (exact) mass is 334 g/mol. The second-order valence-electron chi connectivity index (χ2n) is 5.35. The summed E-state index contributed by atoms with van der Waals surface area (Å²) >= 11 is 0. The molecule has 0 spiro atoms. The van der Waals surface area contributed by atoms with Gasteiger partial charge in [-0.25, -0.2) is 0 Å². The van der Waals surface area contributed by atoms with Crippen LogP contribution in [0.5, 0.6) is 0 Å². The first-order valence-corrected chi connectivity index (χ1v) is 7.26. The second kappa shape index (κ2) is 5.67. The molecule has 0 saturated heterocycles. The molecule has 3 aromatic rings. The molecule has 0 saturated carbocycles. The van der Waals surface area contributed by atoms with Crippen molar-refractivity contribution >= 4 is 16.6 Å². The quantitative estimate of drug-likeness (QED) is 0.485. The van der Waals surface area contributed by atoms with E-state index in [0.717, 1.165) is 17.6 Å². The zero-order valence-electron chi connectivity index (χ0n) is 12.7. The Bertz CT molecular complexity index is 929. The van der Waals surface area contributed by atoms with Gasteiger partial charge in [0, 0.05) is 35.3 Å². The van der Waals surface area contributed by atoms with Gasteiger partial charge >= 0.3 is 6.18 Å². The van der Waals surface area contributed by atoms with Crippen molar-refractivity contribution < 1.29 is 18.1 Å². The Morgan fingerprint density at radius 1 is 1.12 bits per heavy atom. The summed E-state index contributed by atoms with van der Waals surface area (Å²) in [6.45, 7) is 2.41. The van der Waals surface area contributed by atoms with Gasteiger partial charge in [0.1, 0.15) is 0 Å². The van der Waals surface area contributed by atoms with Crippen molar-refractivity contribution in [1.82, 2.24) is 4.57 Å². The fourth-order valence-corrected chi connectivity index (χ4v) is 2.81. The Morgan fingerprint density at radius 2 is 1.88 bits per heavy atom. The number of aromatic nitrogens is 1. The summed E-state index contributed by atoms with van der Waals surface area (Å²) in [6.07, 6.45) is -4.42. The highest BCUT2D eigenvalue weighted by atomic mass is 19.4. The van der Waals surface area contributed by atoms with E-state index in [0.29, 0.717) is 23.2 Å². The largest absolute Gasteiger partial charge is 0.416 e. The van der Waals surface area contributed by atoms with Gasteiger partial charge in [0.15, 0.2) is 0 Å². The van der Waals surface area contributed by atoms with E-state index in [-0.39, 0.29) is 5.69 Å². The number of halogens is 3. The molecule has 0 aliphatic rings. The molecule has 0 amide bonds. The highest BCUT2D eigenvalue weighted by Crippen LogP contribution is 2.35. The van der Waals surface area contributed by atoms with Gasteiger partial charge in [-0.3, -0.25) is 10.1 Å². The Balaban J connectivity index is 2.21. The molecule has 0 unspecified atom stereocenters. The number of nitro groups is 1. The fraction of sp³-hybridized carbons (Fsp3) is 0.176. The van der Waals surface area contributed by atoms with Crippen LogP contribution in [0.2, 0.25) is 0 Å². The van der Waals surface area contributed by atoms with E-state index in [4.69, 9.17) is 0 Å². The zero-order valence-corrected chi connectivity index (χ0v) is 12.7. The minimum Gasteiger partial charge on any atom is -0.341 e. The van der Waals surface area contributed by atoms with E-state index in [2.05, 4.69) is 0 Å². The molecule has 1 heterocycles. The smallest absolute Gasteiger partial charge is 0.341 e. The molecule has 7 heteroatoms. The van der Waals surface area contributed by atoms with Gasteiger partial charge in [-0.2, -0.15) is 13.2 Å². The molecule has 0 fully saturated rings. The SMILES string of the molecule is CCn1c(-c2cccc(C(F)(F)F)c2)cc2cc([N+](=O)[O-])ccc21. The number of hydrogen-bond acceptors (Lipinski definition) is 2. The molecule has 2 aromatic carbocycles. The van der Waals surface area contributed by atoms with Crippen molar-refractivity contribution in [2.24, 2.45) is 0 Å². The van der Waals surface area contributed by atoms with Gasteiger partial charge in [0.05, 0.1) is 10.5 Å². The van der Waals surface area contributed by atoms with E-state index in [1.54, 1.807) is 18.2 Å². The van der Waals surface area contributed by atoms with Gasteiger partial charge in [-0.15, -0.1) is 0 Å². The first kappa shape index (κ1) is 16.0. The average molecular weight is 334 g/mol. The number of hydrogen-bond donors (Lipinski definition) is 0. The van der Waals surface area contributed by atoms with E-state index in [1.165, 1.54) is 18.2 Å². The van der Waals surface area contributed by atoms with Crippen LogP contribution in [0.4, 0.5) is 18.9 Å². The van der Waals surface area contributed by atoms with Gasteiger partial charge < -0.3 is 4.57 Å². The first-order valence-electron chi connectivity index (χ1n) is 7.26. The van der Waals surface area contributed by atoms with E-state index in [1.807, 2.05) is 11.5 Å². The summed E-state index contributed by atoms with van der Waals surface area (Å²) in [4.78, 5) is 10.4. The maximum atomic E-state index is 12.9. The number of nitro benzene ring substituents is 1. The number of fused-ring (bicyclic) bond motifs is 1. The summed E-state index contributed by atoms with van der Waals surface area (Å²) in [5.41, 5.74) is 0.991. The van der Waals surface area contributed by atoms with Crippen LogP contribution < -0.4 is 0 Å². The second-order valence-corrected chi connectivity index (χ2v) is 5.35. The highest BCUT2D eigenvalue weighted by molar-refractivity contribution is 5.88. The first-order chi connectivity index (χ1) is 11.3. The van der Waals surface area contributed by atoms with Gasteiger partial charge in [0.25, 0.3) is 5.69 Å². The number of rotatable bonds is 3. The molecule has 24 heavy (non-hydrogen) atoms. The van der Waals surface area contributed by atoms with Crippen LogP contribution >= 0.6 is 0 Å². The number of benzene rings is 2. The van der Waals surface area contributed by atoms with Gasteiger partial charge in [-0.05, 0) is 36.8 Å². The summed E-state index contributed by atoms with van der Waals surface area (Å²) in [6, 6.07) is 11.2. The normalized spacial score (nSPS) is 11.8. The van der Waals surface area contributed by atoms with Gasteiger partial charge in [0.2, 0.25) is 0 Å². The zero-order chi connectivity index (χ0) is 17.5. The lowest BCUT2D eigenvalue weighted by Gasteiger charge is -2.11. The molecule has 0 atom stereocenters. The number of non-ortho nitro benzene ring substituents is 1. The lowest BCUT2D eigenvalue weighted by molar-refractivity contribution is -0.384. The van der Waals surface area contributed by atoms with Crippen LogP contribution in [0.3, 0.4) is 0 Å². The average Bonchev–Trinajstić information content (AvgIpc) is 2.91. The van der Waals surface area contributed by atoms with Crippen molar-refractivity contribution in [1.29, 1.82) is 0 Å². The van der Waals surface area contributed by atoms with Gasteiger partial charge in [-0.1, -0.05) is 12.1 Å². The summed E-state index contributed by atoms with van der Waals surface area (Å²) in [5, 5.41) is 11.5. The molecule has 1 aromatic heterocycles. The molecule has 124 valence electrons. The lowest BCUT2D eigenvalue weighted by atomic mass is 10.1. The molecule has 0 bridgehead atoms. The Labute approximate surface area is 135 Å². The van der Waals surface area contributed by atoms with E-state index < -0.39 is 16.7 Å². The maximum absolute atomic E-state index is 12.9. The van der Waals surface area contributed by atoms with Crippen molar-refractivity contribution in [3.63, 3.8) is 0 Å². The molecule has 0 radical (unpaired) electrons. The van der Waals surface area contributed by atoms with Crippen molar-refractivity contribution in [3.8, 4) is 11.3 Å². The third kappa shape index (κ3) is 2.73. The third-order valence-corrected chi connectivity index (χ3v) is 3.90. The predicted molar refractivity (Wildman–Crippen MR) is 84.7 cm³/mol. The Kier molecular flexibility index (Phi) is 3.79. The minimum absolute atomic E-state index is 0.0497. The van der Waals surface area contributed by atoms with E-state index in [9.17, 15) is 23.3 Å². The number of nitrogens with zero attached hydrogens (tertiary/aromatic N) is 2. The summed E-state index contributed by atoms with van der Waals surface area (Å²) in [7, 11) is 0. The fourth-order valence-electron chi connectivity index (χ4n) is 2.81. The van der Waals surface area contributed by atoms with Crippen LogP contribution in [0.15, 0.2) is 48.5 Å². The lowest BCUT2D eigenvalue weighted by Crippen LogP contribution is -2.05. The number of alkyl halides is 3. The molecule has 4 nitrogen and oxygen atoms in total. The Hall–Kier alpha value is -2.83. The van der Waals surface area contributed by atoms with Crippen LogP contribution in [-0.4, -0.2) is 9.49 Å². The topological polar surface area (TPSA) is 48.1 Å². The van der Waals surface area contributed by atoms with E-state index >= 15 is 0 Å². The number of aryl methyl sites for hydroxylation is 1. The highest BCUT2D eigenvalue weighted by Gasteiger charge is 2.30. The van der Waals surface area contributed by atoms with Crippen molar-refractivity contribution in [2.45, 2.75) is 19.6 Å². The molecule has 0 aliphatic carbocycles. The summed E-state index contributed by atoms with van der Waals surface area (Å²) in [5.74, 6) is 0. The molecular formula is C17H13F3N2O2. The Morgan fingerprint density at radius 3 is 2.50 bits per heavy atom.